The van der Waals surface area contributed by atoms with Crippen molar-refractivity contribution in [3.8, 4) is 11.1 Å². The van der Waals surface area contributed by atoms with Crippen molar-refractivity contribution in [3.05, 3.63) is 71.8 Å². The zero-order valence-corrected chi connectivity index (χ0v) is 15.7. The Bertz CT molecular complexity index is 874. The molecule has 4 heteroatoms. The van der Waals surface area contributed by atoms with Crippen LogP contribution in [-0.4, -0.2) is 34.8 Å². The number of likely N-dealkylation sites (N-methyl/N-ethyl adjacent to an activating group) is 1. The fourth-order valence-electron chi connectivity index (χ4n) is 4.63. The van der Waals surface area contributed by atoms with Crippen LogP contribution in [0.3, 0.4) is 0 Å². The number of hydrogen-bond donors (Lipinski definition) is 1. The second-order valence-electron chi connectivity index (χ2n) is 7.82. The molecule has 2 atom stereocenters. The van der Waals surface area contributed by atoms with Gasteiger partial charge in [0, 0.05) is 6.04 Å². The number of fused-ring (bicyclic) bond motifs is 5. The van der Waals surface area contributed by atoms with Gasteiger partial charge < -0.3 is 15.0 Å². The van der Waals surface area contributed by atoms with E-state index in [1.165, 1.54) is 0 Å². The molecule has 0 saturated carbocycles. The number of carbonyl (C=O) groups is 1. The largest absolute Gasteiger partial charge is 0.549 e. The van der Waals surface area contributed by atoms with Gasteiger partial charge in [-0.25, -0.2) is 0 Å². The number of aliphatic carboxylic acids is 1. The standard InChI is InChI=1S/C15H12O2.C8H13NO/c1-15(14(16)17)12-8-4-2-6-10(12)11-7-3-5-9-13(11)15;1-9-7-3-2-5-8(9,10)6-4-7/h2-9H,1H3,(H,16,17);2,5,7,10H,3-4,6H2,1H3/p-1/t;7-,8-/m.1/s1. The highest BCUT2D eigenvalue weighted by Crippen LogP contribution is 2.48. The van der Waals surface area contributed by atoms with Crippen molar-refractivity contribution in [2.24, 2.45) is 0 Å². The van der Waals surface area contributed by atoms with Crippen molar-refractivity contribution >= 4 is 5.97 Å². The summed E-state index contributed by atoms with van der Waals surface area (Å²) in [7, 11) is 2.00. The molecule has 2 aromatic rings. The van der Waals surface area contributed by atoms with E-state index in [2.05, 4.69) is 11.0 Å². The van der Waals surface area contributed by atoms with Crippen LogP contribution >= 0.6 is 0 Å². The van der Waals surface area contributed by atoms with Crippen molar-refractivity contribution in [2.75, 3.05) is 7.05 Å². The molecule has 3 aliphatic rings. The van der Waals surface area contributed by atoms with Crippen LogP contribution in [0, 0.1) is 0 Å². The monoisotopic (exact) mass is 362 g/mol. The lowest BCUT2D eigenvalue weighted by atomic mass is 9.80. The molecule has 0 aromatic heterocycles. The van der Waals surface area contributed by atoms with E-state index >= 15 is 0 Å². The number of hydrogen-bond acceptors (Lipinski definition) is 4. The first-order chi connectivity index (χ1) is 12.9. The third-order valence-corrected chi connectivity index (χ3v) is 6.43. The van der Waals surface area contributed by atoms with E-state index in [-0.39, 0.29) is 0 Å². The average Bonchev–Trinajstić information content (AvgIpc) is 3.00. The van der Waals surface area contributed by atoms with Crippen molar-refractivity contribution in [1.82, 2.24) is 4.90 Å². The Labute approximate surface area is 159 Å². The Kier molecular flexibility index (Phi) is 4.21. The zero-order valence-electron chi connectivity index (χ0n) is 15.7. The highest BCUT2D eigenvalue weighted by molar-refractivity contribution is 5.95. The van der Waals surface area contributed by atoms with Crippen LogP contribution in [0.1, 0.15) is 37.3 Å². The van der Waals surface area contributed by atoms with Gasteiger partial charge in [-0.2, -0.15) is 0 Å². The van der Waals surface area contributed by atoms with Gasteiger partial charge in [-0.3, -0.25) is 4.90 Å². The van der Waals surface area contributed by atoms with Crippen LogP contribution in [0.25, 0.3) is 11.1 Å². The number of nitrogens with zero attached hydrogens (tertiary/aromatic N) is 1. The molecule has 0 radical (unpaired) electrons. The molecule has 140 valence electrons. The highest BCUT2D eigenvalue weighted by atomic mass is 16.4. The minimum Gasteiger partial charge on any atom is -0.549 e. The summed E-state index contributed by atoms with van der Waals surface area (Å²) < 4.78 is 0. The van der Waals surface area contributed by atoms with E-state index in [0.717, 1.165) is 41.5 Å². The number of carboxylic acid groups (broad SMARTS) is 1. The van der Waals surface area contributed by atoms with Crippen LogP contribution in [-0.2, 0) is 10.2 Å². The zero-order chi connectivity index (χ0) is 19.2. The first kappa shape index (κ1) is 18.0. The summed E-state index contributed by atoms with van der Waals surface area (Å²) in [6.45, 7) is 1.72. The fraction of sp³-hybridized carbons (Fsp3) is 0.348. The highest BCUT2D eigenvalue weighted by Gasteiger charge is 2.42. The molecule has 2 aromatic carbocycles. The molecule has 0 unspecified atom stereocenters. The lowest BCUT2D eigenvalue weighted by Gasteiger charge is -2.33. The molecule has 1 fully saturated rings. The minimum absolute atomic E-state index is 0.593. The van der Waals surface area contributed by atoms with Gasteiger partial charge in [0.2, 0.25) is 0 Å². The normalized spacial score (nSPS) is 26.7. The van der Waals surface area contributed by atoms with E-state index in [0.29, 0.717) is 6.04 Å². The summed E-state index contributed by atoms with van der Waals surface area (Å²) in [5, 5.41) is 21.4. The van der Waals surface area contributed by atoms with Gasteiger partial charge in [0.15, 0.2) is 0 Å². The van der Waals surface area contributed by atoms with E-state index in [9.17, 15) is 15.0 Å². The van der Waals surface area contributed by atoms with Crippen LogP contribution in [0.4, 0.5) is 0 Å². The number of aliphatic hydroxyl groups is 1. The molecule has 1 aliphatic carbocycles. The van der Waals surface area contributed by atoms with Crippen molar-refractivity contribution in [2.45, 2.75) is 43.4 Å². The fourth-order valence-corrected chi connectivity index (χ4v) is 4.63. The van der Waals surface area contributed by atoms with Gasteiger partial charge in [-0.1, -0.05) is 54.6 Å². The quantitative estimate of drug-likeness (QED) is 0.792. The predicted octanol–water partition coefficient (Wildman–Crippen LogP) is 2.45. The Morgan fingerprint density at radius 1 is 1.11 bits per heavy atom. The Morgan fingerprint density at radius 2 is 1.67 bits per heavy atom. The third kappa shape index (κ3) is 2.63. The van der Waals surface area contributed by atoms with E-state index in [1.807, 2.05) is 61.7 Å². The minimum atomic E-state index is -1.05. The van der Waals surface area contributed by atoms with Crippen molar-refractivity contribution in [1.29, 1.82) is 0 Å². The molecular weight excluding hydrogens is 338 g/mol. The molecule has 0 amide bonds. The van der Waals surface area contributed by atoms with Gasteiger partial charge in [0.25, 0.3) is 0 Å². The molecule has 0 spiro atoms. The smallest absolute Gasteiger partial charge is 0.137 e. The Balaban J connectivity index is 0.000000153. The molecule has 2 bridgehead atoms. The van der Waals surface area contributed by atoms with E-state index in [4.69, 9.17) is 0 Å². The topological polar surface area (TPSA) is 63.6 Å². The van der Waals surface area contributed by atoms with E-state index in [1.54, 1.807) is 6.92 Å². The summed E-state index contributed by atoms with van der Waals surface area (Å²) in [5.41, 5.74) is 2.00. The van der Waals surface area contributed by atoms with Crippen LogP contribution < -0.4 is 5.11 Å². The van der Waals surface area contributed by atoms with Crippen molar-refractivity contribution in [3.63, 3.8) is 0 Å². The lowest BCUT2D eigenvalue weighted by Crippen LogP contribution is -2.44. The van der Waals surface area contributed by atoms with Crippen LogP contribution in [0.15, 0.2) is 60.7 Å². The second kappa shape index (κ2) is 6.32. The molecule has 1 N–H and O–H groups in total. The third-order valence-electron chi connectivity index (χ3n) is 6.43. The summed E-state index contributed by atoms with van der Waals surface area (Å²) >= 11 is 0. The molecule has 1 saturated heterocycles. The van der Waals surface area contributed by atoms with Gasteiger partial charge in [0.05, 0.1) is 11.4 Å². The molecule has 5 rings (SSSR count). The Hall–Kier alpha value is -2.43. The summed E-state index contributed by atoms with van der Waals surface area (Å²) in [6, 6.07) is 15.8. The molecule has 2 aliphatic heterocycles. The van der Waals surface area contributed by atoms with E-state index < -0.39 is 17.1 Å². The van der Waals surface area contributed by atoms with Gasteiger partial charge in [-0.15, -0.1) is 0 Å². The maximum Gasteiger partial charge on any atom is 0.137 e. The van der Waals surface area contributed by atoms with Gasteiger partial charge in [-0.05, 0) is 61.6 Å². The number of carbonyl (C=O) groups excluding carboxylic acids is 1. The number of benzene rings is 2. The summed E-state index contributed by atoms with van der Waals surface area (Å²) in [5.74, 6) is -1.05. The van der Waals surface area contributed by atoms with Crippen LogP contribution in [0.2, 0.25) is 0 Å². The first-order valence-corrected chi connectivity index (χ1v) is 9.42. The van der Waals surface area contributed by atoms with Gasteiger partial charge in [0.1, 0.15) is 5.72 Å². The first-order valence-electron chi connectivity index (χ1n) is 9.42. The number of carboxylic acids is 1. The summed E-state index contributed by atoms with van der Waals surface area (Å²) in [4.78, 5) is 13.6. The van der Waals surface area contributed by atoms with Crippen molar-refractivity contribution < 1.29 is 15.0 Å². The summed E-state index contributed by atoms with van der Waals surface area (Å²) in [6.07, 6.45) is 7.18. The predicted molar refractivity (Wildman–Crippen MR) is 103 cm³/mol. The molecule has 4 nitrogen and oxygen atoms in total. The second-order valence-corrected chi connectivity index (χ2v) is 7.82. The molecule has 2 heterocycles. The SMILES string of the molecule is CC1(C(=O)[O-])c2ccccc2-c2ccccc21.CN1[C@@H]2CC=C[C@@]1(O)CC2. The average molecular weight is 362 g/mol. The maximum atomic E-state index is 11.5. The molecular formula is C23H24NO3-. The van der Waals surface area contributed by atoms with Crippen LogP contribution in [0.5, 0.6) is 0 Å². The molecule has 27 heavy (non-hydrogen) atoms. The Morgan fingerprint density at radius 3 is 2.15 bits per heavy atom. The lowest BCUT2D eigenvalue weighted by molar-refractivity contribution is -0.311. The number of rotatable bonds is 1. The maximum absolute atomic E-state index is 11.5. The van der Waals surface area contributed by atoms with Gasteiger partial charge >= 0.3 is 0 Å².